The Morgan fingerprint density at radius 3 is 2.89 bits per heavy atom. The minimum absolute atomic E-state index is 0.163. The maximum atomic E-state index is 5.21. The molecule has 1 aromatic heterocycles. The summed E-state index contributed by atoms with van der Waals surface area (Å²) in [6.45, 7) is 8.70. The molecule has 0 radical (unpaired) electrons. The summed E-state index contributed by atoms with van der Waals surface area (Å²) < 4.78 is 5.21. The van der Waals surface area contributed by atoms with Crippen LogP contribution in [0.2, 0.25) is 0 Å². The highest BCUT2D eigenvalue weighted by atomic mass is 16.5. The molecule has 2 heterocycles. The number of anilines is 1. The van der Waals surface area contributed by atoms with Crippen molar-refractivity contribution in [1.29, 1.82) is 0 Å². The van der Waals surface area contributed by atoms with E-state index < -0.39 is 0 Å². The second-order valence-corrected chi connectivity index (χ2v) is 6.16. The predicted molar refractivity (Wildman–Crippen MR) is 78.9 cm³/mol. The van der Waals surface area contributed by atoms with Gasteiger partial charge in [0.1, 0.15) is 5.82 Å². The summed E-state index contributed by atoms with van der Waals surface area (Å²) in [5, 5.41) is 3.59. The number of ether oxygens (including phenoxy) is 1. The first-order valence-electron chi connectivity index (χ1n) is 7.02. The van der Waals surface area contributed by atoms with Crippen molar-refractivity contribution in [2.45, 2.75) is 45.2 Å². The van der Waals surface area contributed by atoms with E-state index >= 15 is 0 Å². The Hall–Kier alpha value is -1.29. The summed E-state index contributed by atoms with van der Waals surface area (Å²) in [5.74, 6) is 1.71. The SMILES string of the molecule is COc1cccc(N2CCCC2CNC(C)(C)C)n1. The van der Waals surface area contributed by atoms with Gasteiger partial charge in [-0.3, -0.25) is 0 Å². The minimum atomic E-state index is 0.163. The maximum Gasteiger partial charge on any atom is 0.214 e. The number of nitrogens with zero attached hydrogens (tertiary/aromatic N) is 2. The molecule has 4 heteroatoms. The molecule has 1 saturated heterocycles. The van der Waals surface area contributed by atoms with Gasteiger partial charge in [0, 0.05) is 30.7 Å². The second-order valence-electron chi connectivity index (χ2n) is 6.16. The van der Waals surface area contributed by atoms with Gasteiger partial charge in [0.25, 0.3) is 0 Å². The summed E-state index contributed by atoms with van der Waals surface area (Å²) in [4.78, 5) is 6.93. The monoisotopic (exact) mass is 263 g/mol. The summed E-state index contributed by atoms with van der Waals surface area (Å²) in [5.41, 5.74) is 0.163. The van der Waals surface area contributed by atoms with E-state index in [4.69, 9.17) is 4.74 Å². The second kappa shape index (κ2) is 5.78. The van der Waals surface area contributed by atoms with E-state index in [1.165, 1.54) is 12.8 Å². The molecule has 1 unspecified atom stereocenters. The van der Waals surface area contributed by atoms with Crippen molar-refractivity contribution in [3.63, 3.8) is 0 Å². The lowest BCUT2D eigenvalue weighted by Gasteiger charge is -2.29. The molecular weight excluding hydrogens is 238 g/mol. The Balaban J connectivity index is 2.05. The Labute approximate surface area is 116 Å². The van der Waals surface area contributed by atoms with Gasteiger partial charge in [-0.15, -0.1) is 0 Å². The van der Waals surface area contributed by atoms with Crippen LogP contribution in [0.1, 0.15) is 33.6 Å². The van der Waals surface area contributed by atoms with E-state index in [9.17, 15) is 0 Å². The Kier molecular flexibility index (Phi) is 4.30. The molecule has 2 rings (SSSR count). The highest BCUT2D eigenvalue weighted by Gasteiger charge is 2.26. The van der Waals surface area contributed by atoms with Crippen LogP contribution in [0.4, 0.5) is 5.82 Å². The highest BCUT2D eigenvalue weighted by Crippen LogP contribution is 2.25. The fourth-order valence-corrected chi connectivity index (χ4v) is 2.45. The van der Waals surface area contributed by atoms with Gasteiger partial charge in [-0.25, -0.2) is 0 Å². The first-order chi connectivity index (χ1) is 8.99. The fourth-order valence-electron chi connectivity index (χ4n) is 2.45. The average Bonchev–Trinajstić information content (AvgIpc) is 2.84. The van der Waals surface area contributed by atoms with Crippen LogP contribution in [0.5, 0.6) is 5.88 Å². The Bertz CT molecular complexity index is 414. The minimum Gasteiger partial charge on any atom is -0.481 e. The van der Waals surface area contributed by atoms with Gasteiger partial charge in [-0.05, 0) is 39.7 Å². The number of hydrogen-bond acceptors (Lipinski definition) is 4. The van der Waals surface area contributed by atoms with E-state index in [1.807, 2.05) is 12.1 Å². The number of pyridine rings is 1. The number of methoxy groups -OCH3 is 1. The number of aromatic nitrogens is 1. The van der Waals surface area contributed by atoms with Crippen molar-refractivity contribution in [3.05, 3.63) is 18.2 Å². The van der Waals surface area contributed by atoms with Crippen LogP contribution in [-0.4, -0.2) is 36.8 Å². The predicted octanol–water partition coefficient (Wildman–Crippen LogP) is 2.45. The number of rotatable bonds is 4. The van der Waals surface area contributed by atoms with Crippen LogP contribution in [0.25, 0.3) is 0 Å². The van der Waals surface area contributed by atoms with Crippen molar-refractivity contribution in [2.75, 3.05) is 25.1 Å². The zero-order chi connectivity index (χ0) is 13.9. The van der Waals surface area contributed by atoms with E-state index in [0.29, 0.717) is 11.9 Å². The van der Waals surface area contributed by atoms with Crippen molar-refractivity contribution >= 4 is 5.82 Å². The van der Waals surface area contributed by atoms with E-state index in [-0.39, 0.29) is 5.54 Å². The average molecular weight is 263 g/mol. The first-order valence-corrected chi connectivity index (χ1v) is 7.02. The highest BCUT2D eigenvalue weighted by molar-refractivity contribution is 5.43. The number of nitrogens with one attached hydrogen (secondary N) is 1. The summed E-state index contributed by atoms with van der Waals surface area (Å²) in [7, 11) is 1.66. The lowest BCUT2D eigenvalue weighted by atomic mass is 10.1. The largest absolute Gasteiger partial charge is 0.481 e. The zero-order valence-electron chi connectivity index (χ0n) is 12.4. The van der Waals surface area contributed by atoms with Gasteiger partial charge >= 0.3 is 0 Å². The van der Waals surface area contributed by atoms with Crippen LogP contribution in [0.15, 0.2) is 18.2 Å². The summed E-state index contributed by atoms with van der Waals surface area (Å²) in [6, 6.07) is 6.49. The molecular formula is C15H25N3O. The van der Waals surface area contributed by atoms with Gasteiger partial charge in [-0.2, -0.15) is 4.98 Å². The third kappa shape index (κ3) is 3.83. The lowest BCUT2D eigenvalue weighted by Crippen LogP contribution is -2.45. The van der Waals surface area contributed by atoms with Crippen molar-refractivity contribution < 1.29 is 4.74 Å². The molecule has 1 aliphatic heterocycles. The first kappa shape index (κ1) is 14.1. The summed E-state index contributed by atoms with van der Waals surface area (Å²) >= 11 is 0. The van der Waals surface area contributed by atoms with Crippen LogP contribution in [0.3, 0.4) is 0 Å². The molecule has 4 nitrogen and oxygen atoms in total. The lowest BCUT2D eigenvalue weighted by molar-refractivity contribution is 0.394. The maximum absolute atomic E-state index is 5.21. The third-order valence-corrected chi connectivity index (χ3v) is 3.46. The van der Waals surface area contributed by atoms with Crippen LogP contribution < -0.4 is 15.0 Å². The number of hydrogen-bond donors (Lipinski definition) is 1. The van der Waals surface area contributed by atoms with Crippen LogP contribution >= 0.6 is 0 Å². The van der Waals surface area contributed by atoms with Crippen LogP contribution in [0, 0.1) is 0 Å². The summed E-state index contributed by atoms with van der Waals surface area (Å²) in [6.07, 6.45) is 2.46. The molecule has 0 aliphatic carbocycles. The van der Waals surface area contributed by atoms with Gasteiger partial charge in [-0.1, -0.05) is 6.07 Å². The molecule has 106 valence electrons. The molecule has 0 bridgehead atoms. The molecule has 0 saturated carbocycles. The topological polar surface area (TPSA) is 37.4 Å². The molecule has 1 aliphatic rings. The van der Waals surface area contributed by atoms with E-state index in [2.05, 4.69) is 42.0 Å². The normalized spacial score (nSPS) is 19.8. The van der Waals surface area contributed by atoms with Gasteiger partial charge in [0.05, 0.1) is 7.11 Å². The van der Waals surface area contributed by atoms with Crippen molar-refractivity contribution in [2.24, 2.45) is 0 Å². The Morgan fingerprint density at radius 1 is 1.42 bits per heavy atom. The van der Waals surface area contributed by atoms with Gasteiger partial charge in [0.2, 0.25) is 5.88 Å². The molecule has 19 heavy (non-hydrogen) atoms. The van der Waals surface area contributed by atoms with Crippen LogP contribution in [-0.2, 0) is 0 Å². The van der Waals surface area contributed by atoms with Gasteiger partial charge < -0.3 is 15.0 Å². The quantitative estimate of drug-likeness (QED) is 0.905. The Morgan fingerprint density at radius 2 is 2.21 bits per heavy atom. The molecule has 1 fully saturated rings. The van der Waals surface area contributed by atoms with Gasteiger partial charge in [0.15, 0.2) is 0 Å². The standard InChI is InChI=1S/C15H25N3O/c1-15(2,3)16-11-12-7-6-10-18(12)13-8-5-9-14(17-13)19-4/h5,8-9,12,16H,6-7,10-11H2,1-4H3. The molecule has 1 atom stereocenters. The molecule has 0 aromatic carbocycles. The smallest absolute Gasteiger partial charge is 0.214 e. The fraction of sp³-hybridized carbons (Fsp3) is 0.667. The third-order valence-electron chi connectivity index (χ3n) is 3.46. The molecule has 1 N–H and O–H groups in total. The molecule has 1 aromatic rings. The van der Waals surface area contributed by atoms with E-state index in [0.717, 1.165) is 18.9 Å². The van der Waals surface area contributed by atoms with Crippen molar-refractivity contribution in [3.8, 4) is 5.88 Å². The van der Waals surface area contributed by atoms with E-state index in [1.54, 1.807) is 7.11 Å². The molecule has 0 spiro atoms. The van der Waals surface area contributed by atoms with Crippen molar-refractivity contribution in [1.82, 2.24) is 10.3 Å². The molecule has 0 amide bonds. The zero-order valence-corrected chi connectivity index (χ0v) is 12.4.